The topological polar surface area (TPSA) is 75.3 Å². The average molecular weight is 407 g/mol. The Balaban J connectivity index is 0.00000225. The lowest BCUT2D eigenvalue weighted by atomic mass is 9.67. The van der Waals surface area contributed by atoms with Crippen molar-refractivity contribution < 1.29 is 13.2 Å². The molecule has 1 saturated carbocycles. The van der Waals surface area contributed by atoms with Crippen molar-refractivity contribution in [1.82, 2.24) is 10.6 Å². The third-order valence-electron chi connectivity index (χ3n) is 5.32. The standard InChI is InChI=1S/C17H23ClN2O3S.ClH/c18-14-4-6-15(7-5-14)24(22,23)10-9-20-16(21)17-8-2-1-3-13(17)11-19-12-17;/h4-7,13,19H,1-3,8-12H2,(H,20,21);1H/t13-,17+;/m0./s1. The van der Waals surface area contributed by atoms with E-state index in [2.05, 4.69) is 10.6 Å². The fraction of sp³-hybridized carbons (Fsp3) is 0.588. The Morgan fingerprint density at radius 1 is 1.28 bits per heavy atom. The van der Waals surface area contributed by atoms with Crippen LogP contribution in [0, 0.1) is 11.3 Å². The van der Waals surface area contributed by atoms with Crippen LogP contribution in [-0.2, 0) is 14.6 Å². The Bertz CT molecular complexity index is 709. The fourth-order valence-corrected chi connectivity index (χ4v) is 5.21. The van der Waals surface area contributed by atoms with Gasteiger partial charge in [-0.2, -0.15) is 0 Å². The van der Waals surface area contributed by atoms with Crippen LogP contribution in [0.1, 0.15) is 25.7 Å². The third-order valence-corrected chi connectivity index (χ3v) is 7.30. The minimum Gasteiger partial charge on any atom is -0.355 e. The molecular formula is C17H24Cl2N2O3S. The van der Waals surface area contributed by atoms with Crippen molar-refractivity contribution in [2.45, 2.75) is 30.6 Å². The maximum Gasteiger partial charge on any atom is 0.227 e. The first-order valence-electron chi connectivity index (χ1n) is 8.41. The minimum absolute atomic E-state index is 0. The van der Waals surface area contributed by atoms with E-state index in [-0.39, 0.29) is 40.9 Å². The average Bonchev–Trinajstić information content (AvgIpc) is 3.00. The summed E-state index contributed by atoms with van der Waals surface area (Å²) in [6.07, 6.45) is 4.20. The first kappa shape index (κ1) is 20.5. The Morgan fingerprint density at radius 2 is 2.00 bits per heavy atom. The second-order valence-electron chi connectivity index (χ2n) is 6.76. The van der Waals surface area contributed by atoms with E-state index in [1.807, 2.05) is 0 Å². The van der Waals surface area contributed by atoms with Gasteiger partial charge in [-0.3, -0.25) is 4.79 Å². The number of carbonyl (C=O) groups is 1. The maximum absolute atomic E-state index is 12.7. The lowest BCUT2D eigenvalue weighted by molar-refractivity contribution is -0.133. The number of hydrogen-bond acceptors (Lipinski definition) is 4. The molecule has 0 bridgehead atoms. The van der Waals surface area contributed by atoms with Crippen molar-refractivity contribution in [2.24, 2.45) is 11.3 Å². The molecule has 0 unspecified atom stereocenters. The molecule has 25 heavy (non-hydrogen) atoms. The zero-order valence-electron chi connectivity index (χ0n) is 14.0. The highest BCUT2D eigenvalue weighted by atomic mass is 35.5. The molecule has 1 heterocycles. The molecule has 1 aliphatic heterocycles. The van der Waals surface area contributed by atoms with Gasteiger partial charge in [0.05, 0.1) is 16.1 Å². The second-order valence-corrected chi connectivity index (χ2v) is 9.30. The zero-order valence-corrected chi connectivity index (χ0v) is 16.4. The molecule has 0 radical (unpaired) electrons. The minimum atomic E-state index is -3.42. The van der Waals surface area contributed by atoms with Crippen molar-refractivity contribution in [3.8, 4) is 0 Å². The van der Waals surface area contributed by atoms with Gasteiger partial charge in [-0.25, -0.2) is 8.42 Å². The van der Waals surface area contributed by atoms with Gasteiger partial charge in [0.2, 0.25) is 5.91 Å². The number of sulfone groups is 1. The molecule has 1 saturated heterocycles. The summed E-state index contributed by atoms with van der Waals surface area (Å²) in [5.74, 6) is 0.275. The summed E-state index contributed by atoms with van der Waals surface area (Å²) in [5, 5.41) is 6.70. The highest BCUT2D eigenvalue weighted by Crippen LogP contribution is 2.43. The first-order valence-corrected chi connectivity index (χ1v) is 10.4. The molecule has 2 N–H and O–H groups in total. The van der Waals surface area contributed by atoms with Gasteiger partial charge >= 0.3 is 0 Å². The van der Waals surface area contributed by atoms with Gasteiger partial charge in [0.1, 0.15) is 0 Å². The Kier molecular flexibility index (Phi) is 6.76. The van der Waals surface area contributed by atoms with Gasteiger partial charge < -0.3 is 10.6 Å². The van der Waals surface area contributed by atoms with E-state index in [1.165, 1.54) is 18.6 Å². The molecule has 2 aliphatic rings. The summed E-state index contributed by atoms with van der Waals surface area (Å²) in [5.41, 5.74) is -0.345. The largest absolute Gasteiger partial charge is 0.355 e. The van der Waals surface area contributed by atoms with Gasteiger partial charge in [-0.05, 0) is 49.6 Å². The monoisotopic (exact) mass is 406 g/mol. The number of fused-ring (bicyclic) bond motifs is 1. The summed E-state index contributed by atoms with van der Waals surface area (Å²) in [6.45, 7) is 1.72. The molecule has 3 rings (SSSR count). The van der Waals surface area contributed by atoms with E-state index in [1.54, 1.807) is 12.1 Å². The predicted molar refractivity (Wildman–Crippen MR) is 101 cm³/mol. The van der Waals surface area contributed by atoms with Gasteiger partial charge in [-0.15, -0.1) is 12.4 Å². The lowest BCUT2D eigenvalue weighted by Gasteiger charge is -2.37. The van der Waals surface area contributed by atoms with E-state index >= 15 is 0 Å². The van der Waals surface area contributed by atoms with Crippen LogP contribution in [0.25, 0.3) is 0 Å². The number of rotatable bonds is 5. The summed E-state index contributed by atoms with van der Waals surface area (Å²) in [7, 11) is -3.42. The van der Waals surface area contributed by atoms with Gasteiger partial charge in [0, 0.05) is 18.1 Å². The number of hydrogen-bond donors (Lipinski definition) is 2. The molecule has 140 valence electrons. The van der Waals surface area contributed by atoms with E-state index < -0.39 is 9.84 Å². The van der Waals surface area contributed by atoms with Crippen LogP contribution < -0.4 is 10.6 Å². The first-order chi connectivity index (χ1) is 11.4. The molecule has 1 amide bonds. The molecule has 0 aromatic heterocycles. The number of benzene rings is 1. The van der Waals surface area contributed by atoms with Crippen LogP contribution in [0.3, 0.4) is 0 Å². The highest BCUT2D eigenvalue weighted by molar-refractivity contribution is 7.91. The van der Waals surface area contributed by atoms with Crippen LogP contribution in [0.15, 0.2) is 29.2 Å². The smallest absolute Gasteiger partial charge is 0.227 e. The van der Waals surface area contributed by atoms with E-state index in [9.17, 15) is 13.2 Å². The molecule has 1 aliphatic carbocycles. The molecule has 5 nitrogen and oxygen atoms in total. The second kappa shape index (κ2) is 8.25. The van der Waals surface area contributed by atoms with E-state index in [0.29, 0.717) is 17.5 Å². The normalized spacial score (nSPS) is 25.7. The van der Waals surface area contributed by atoms with E-state index in [0.717, 1.165) is 25.8 Å². The van der Waals surface area contributed by atoms with Crippen LogP contribution in [0.2, 0.25) is 5.02 Å². The van der Waals surface area contributed by atoms with Gasteiger partial charge in [0.15, 0.2) is 9.84 Å². The summed E-state index contributed by atoms with van der Waals surface area (Å²) in [6, 6.07) is 6.11. The zero-order chi connectivity index (χ0) is 17.2. The fourth-order valence-electron chi connectivity index (χ4n) is 3.93. The molecule has 8 heteroatoms. The summed E-state index contributed by atoms with van der Waals surface area (Å²) in [4.78, 5) is 12.9. The van der Waals surface area contributed by atoms with Crippen LogP contribution >= 0.6 is 24.0 Å². The molecule has 2 fully saturated rings. The summed E-state index contributed by atoms with van der Waals surface area (Å²) >= 11 is 5.79. The Hall–Kier alpha value is -0.820. The quantitative estimate of drug-likeness (QED) is 0.786. The number of amides is 1. The number of halogens is 2. The lowest BCUT2D eigenvalue weighted by Crippen LogP contribution is -2.48. The van der Waals surface area contributed by atoms with Gasteiger partial charge in [-0.1, -0.05) is 24.4 Å². The third kappa shape index (κ3) is 4.30. The van der Waals surface area contributed by atoms with E-state index in [4.69, 9.17) is 11.6 Å². The van der Waals surface area contributed by atoms with Crippen LogP contribution in [0.5, 0.6) is 0 Å². The Labute approximate surface area is 160 Å². The van der Waals surface area contributed by atoms with Crippen LogP contribution in [-0.4, -0.2) is 39.7 Å². The number of nitrogens with one attached hydrogen (secondary N) is 2. The maximum atomic E-state index is 12.7. The van der Waals surface area contributed by atoms with Crippen molar-refractivity contribution in [2.75, 3.05) is 25.4 Å². The molecule has 1 aromatic rings. The summed E-state index contributed by atoms with van der Waals surface area (Å²) < 4.78 is 24.6. The number of carbonyl (C=O) groups excluding carboxylic acids is 1. The highest BCUT2D eigenvalue weighted by Gasteiger charge is 2.49. The molecule has 2 atom stereocenters. The van der Waals surface area contributed by atoms with Crippen LogP contribution in [0.4, 0.5) is 0 Å². The van der Waals surface area contributed by atoms with Crippen molar-refractivity contribution >= 4 is 39.8 Å². The molecule has 0 spiro atoms. The SMILES string of the molecule is Cl.O=C(NCCS(=O)(=O)c1ccc(Cl)cc1)[C@@]12CCCC[C@H]1CNC2. The van der Waals surface area contributed by atoms with Crippen molar-refractivity contribution in [3.63, 3.8) is 0 Å². The van der Waals surface area contributed by atoms with Crippen molar-refractivity contribution in [3.05, 3.63) is 29.3 Å². The molecular weight excluding hydrogens is 383 g/mol. The van der Waals surface area contributed by atoms with Crippen molar-refractivity contribution in [1.29, 1.82) is 0 Å². The Morgan fingerprint density at radius 3 is 2.72 bits per heavy atom. The predicted octanol–water partition coefficient (Wildman–Crippen LogP) is 2.43. The molecule has 1 aromatic carbocycles. The van der Waals surface area contributed by atoms with Gasteiger partial charge in [0.25, 0.3) is 0 Å².